The molecule has 3 aromatic rings. The molecule has 0 spiro atoms. The predicted molar refractivity (Wildman–Crippen MR) is 109 cm³/mol. The Morgan fingerprint density at radius 3 is 2.97 bits per heavy atom. The molecule has 1 saturated heterocycles. The highest BCUT2D eigenvalue weighted by Crippen LogP contribution is 2.23. The summed E-state index contributed by atoms with van der Waals surface area (Å²) in [5.41, 5.74) is 0.842. The Morgan fingerprint density at radius 1 is 1.33 bits per heavy atom. The lowest BCUT2D eigenvalue weighted by atomic mass is 10.1. The van der Waals surface area contributed by atoms with Gasteiger partial charge in [0.1, 0.15) is 5.76 Å². The smallest absolute Gasteiger partial charge is 0.261 e. The molecule has 0 unspecified atom stereocenters. The van der Waals surface area contributed by atoms with Gasteiger partial charge in [-0.2, -0.15) is 0 Å². The standard InChI is InChI=1S/C21H22N4O5/c1-29-8-6-24-13-22-18-5-4-15(10-17(18)21(24)28)23-20(27)14-9-19(26)25(11-14)12-16-3-2-7-30-16/h2-5,7,10,13-14H,6,8-9,11-12H2,1H3,(H,23,27)/t14-/m1/s1. The van der Waals surface area contributed by atoms with Crippen molar-refractivity contribution in [3.8, 4) is 0 Å². The SMILES string of the molecule is COCCn1cnc2ccc(NC(=O)[C@@H]3CC(=O)N(Cc4ccco4)C3)cc2c1=O. The van der Waals surface area contributed by atoms with Crippen LogP contribution in [-0.2, 0) is 27.4 Å². The molecule has 1 aliphatic rings. The second-order valence-electron chi connectivity index (χ2n) is 7.21. The van der Waals surface area contributed by atoms with Gasteiger partial charge in [0.25, 0.3) is 5.56 Å². The van der Waals surface area contributed by atoms with Gasteiger partial charge in [-0.05, 0) is 30.3 Å². The summed E-state index contributed by atoms with van der Waals surface area (Å²) in [6.07, 6.45) is 3.18. The highest BCUT2D eigenvalue weighted by atomic mass is 16.5. The highest BCUT2D eigenvalue weighted by molar-refractivity contribution is 5.98. The zero-order valence-electron chi connectivity index (χ0n) is 16.5. The van der Waals surface area contributed by atoms with Crippen molar-refractivity contribution in [2.75, 3.05) is 25.6 Å². The molecule has 2 amide bonds. The van der Waals surface area contributed by atoms with Gasteiger partial charge >= 0.3 is 0 Å². The van der Waals surface area contributed by atoms with Gasteiger partial charge in [0.05, 0.1) is 49.1 Å². The third-order valence-electron chi connectivity index (χ3n) is 5.14. The van der Waals surface area contributed by atoms with Crippen molar-refractivity contribution in [2.24, 2.45) is 5.92 Å². The van der Waals surface area contributed by atoms with Crippen LogP contribution in [-0.4, -0.2) is 46.5 Å². The Labute approximate surface area is 172 Å². The van der Waals surface area contributed by atoms with E-state index < -0.39 is 5.92 Å². The largest absolute Gasteiger partial charge is 0.467 e. The van der Waals surface area contributed by atoms with Crippen molar-refractivity contribution < 1.29 is 18.7 Å². The molecule has 9 nitrogen and oxygen atoms in total. The van der Waals surface area contributed by atoms with Gasteiger partial charge in [0.2, 0.25) is 11.8 Å². The summed E-state index contributed by atoms with van der Waals surface area (Å²) in [5, 5.41) is 3.23. The zero-order valence-corrected chi connectivity index (χ0v) is 16.5. The number of furan rings is 1. The van der Waals surface area contributed by atoms with Crippen LogP contribution in [0.2, 0.25) is 0 Å². The van der Waals surface area contributed by atoms with Gasteiger partial charge in [0, 0.05) is 25.8 Å². The summed E-state index contributed by atoms with van der Waals surface area (Å²) in [6, 6.07) is 8.56. The first-order valence-corrected chi connectivity index (χ1v) is 9.64. The highest BCUT2D eigenvalue weighted by Gasteiger charge is 2.34. The molecule has 1 N–H and O–H groups in total. The Balaban J connectivity index is 1.47. The van der Waals surface area contributed by atoms with E-state index in [-0.39, 0.29) is 23.8 Å². The Hall–Kier alpha value is -3.46. The fourth-order valence-corrected chi connectivity index (χ4v) is 3.52. The molecular weight excluding hydrogens is 388 g/mol. The average Bonchev–Trinajstić information content (AvgIpc) is 3.38. The van der Waals surface area contributed by atoms with E-state index in [9.17, 15) is 14.4 Å². The van der Waals surface area contributed by atoms with E-state index in [1.54, 1.807) is 48.6 Å². The molecule has 1 aromatic carbocycles. The molecule has 2 aromatic heterocycles. The third-order valence-corrected chi connectivity index (χ3v) is 5.14. The van der Waals surface area contributed by atoms with Crippen LogP contribution in [0.25, 0.3) is 10.9 Å². The van der Waals surface area contributed by atoms with E-state index in [1.165, 1.54) is 10.9 Å². The van der Waals surface area contributed by atoms with Crippen LogP contribution in [0.15, 0.2) is 52.1 Å². The van der Waals surface area contributed by atoms with Gasteiger partial charge < -0.3 is 19.4 Å². The van der Waals surface area contributed by atoms with Crippen molar-refractivity contribution in [1.82, 2.24) is 14.5 Å². The third kappa shape index (κ3) is 4.11. The molecule has 156 valence electrons. The van der Waals surface area contributed by atoms with Gasteiger partial charge in [-0.1, -0.05) is 0 Å². The van der Waals surface area contributed by atoms with Crippen LogP contribution in [0.3, 0.4) is 0 Å². The minimum Gasteiger partial charge on any atom is -0.467 e. The van der Waals surface area contributed by atoms with Gasteiger partial charge in [0.15, 0.2) is 0 Å². The van der Waals surface area contributed by atoms with E-state index in [4.69, 9.17) is 9.15 Å². The van der Waals surface area contributed by atoms with Gasteiger partial charge in [-0.3, -0.25) is 19.0 Å². The molecule has 3 heterocycles. The number of methoxy groups -OCH3 is 1. The quantitative estimate of drug-likeness (QED) is 0.634. The maximum atomic E-state index is 12.7. The molecule has 0 saturated carbocycles. The van der Waals surface area contributed by atoms with Crippen molar-refractivity contribution >= 4 is 28.4 Å². The minimum atomic E-state index is -0.463. The Kier molecular flexibility index (Phi) is 5.62. The molecular formula is C21H22N4O5. The summed E-state index contributed by atoms with van der Waals surface area (Å²) < 4.78 is 11.8. The molecule has 0 radical (unpaired) electrons. The number of fused-ring (bicyclic) bond motifs is 1. The van der Waals surface area contributed by atoms with Crippen LogP contribution in [0, 0.1) is 5.92 Å². The van der Waals surface area contributed by atoms with E-state index >= 15 is 0 Å². The number of rotatable bonds is 7. The number of carbonyl (C=O) groups is 2. The maximum Gasteiger partial charge on any atom is 0.261 e. The fraction of sp³-hybridized carbons (Fsp3) is 0.333. The maximum absolute atomic E-state index is 12.7. The van der Waals surface area contributed by atoms with Gasteiger partial charge in [-0.15, -0.1) is 0 Å². The van der Waals surface area contributed by atoms with Crippen LogP contribution in [0.4, 0.5) is 5.69 Å². The molecule has 4 rings (SSSR count). The Bertz CT molecular complexity index is 1120. The fourth-order valence-electron chi connectivity index (χ4n) is 3.52. The number of aromatic nitrogens is 2. The lowest BCUT2D eigenvalue weighted by Gasteiger charge is -2.15. The molecule has 1 fully saturated rings. The summed E-state index contributed by atoms with van der Waals surface area (Å²) in [5.74, 6) is -0.129. The van der Waals surface area contributed by atoms with Gasteiger partial charge in [-0.25, -0.2) is 4.98 Å². The van der Waals surface area contributed by atoms with Crippen LogP contribution in [0.5, 0.6) is 0 Å². The van der Waals surface area contributed by atoms with Crippen LogP contribution in [0.1, 0.15) is 12.2 Å². The average molecular weight is 410 g/mol. The monoisotopic (exact) mass is 410 g/mol. The second kappa shape index (κ2) is 8.50. The number of likely N-dealkylation sites (tertiary alicyclic amines) is 1. The number of amides is 2. The predicted octanol–water partition coefficient (Wildman–Crippen LogP) is 1.62. The summed E-state index contributed by atoms with van der Waals surface area (Å²) >= 11 is 0. The van der Waals surface area contributed by atoms with E-state index in [0.29, 0.717) is 48.6 Å². The van der Waals surface area contributed by atoms with E-state index in [1.807, 2.05) is 0 Å². The number of anilines is 1. The molecule has 0 aliphatic carbocycles. The molecule has 0 bridgehead atoms. The van der Waals surface area contributed by atoms with Crippen molar-refractivity contribution in [2.45, 2.75) is 19.5 Å². The van der Waals surface area contributed by atoms with E-state index in [0.717, 1.165) is 0 Å². The summed E-state index contributed by atoms with van der Waals surface area (Å²) in [6.45, 7) is 1.46. The molecule has 30 heavy (non-hydrogen) atoms. The number of nitrogens with zero attached hydrogens (tertiary/aromatic N) is 3. The van der Waals surface area contributed by atoms with Crippen molar-refractivity contribution in [3.05, 3.63) is 59.0 Å². The zero-order chi connectivity index (χ0) is 21.1. The number of benzene rings is 1. The lowest BCUT2D eigenvalue weighted by molar-refractivity contribution is -0.128. The number of hydrogen-bond acceptors (Lipinski definition) is 6. The molecule has 1 aliphatic heterocycles. The first kappa shape index (κ1) is 19.8. The van der Waals surface area contributed by atoms with Crippen LogP contribution >= 0.6 is 0 Å². The van der Waals surface area contributed by atoms with E-state index in [2.05, 4.69) is 10.3 Å². The minimum absolute atomic E-state index is 0.0877. The summed E-state index contributed by atoms with van der Waals surface area (Å²) in [7, 11) is 1.57. The molecule has 9 heteroatoms. The first-order chi connectivity index (χ1) is 14.5. The number of nitrogens with one attached hydrogen (secondary N) is 1. The van der Waals surface area contributed by atoms with Crippen molar-refractivity contribution in [1.29, 1.82) is 0 Å². The number of ether oxygens (including phenoxy) is 1. The topological polar surface area (TPSA) is 107 Å². The van der Waals surface area contributed by atoms with Crippen molar-refractivity contribution in [3.63, 3.8) is 0 Å². The number of hydrogen-bond donors (Lipinski definition) is 1. The Morgan fingerprint density at radius 2 is 2.20 bits per heavy atom. The van der Waals surface area contributed by atoms with Crippen LogP contribution < -0.4 is 10.9 Å². The normalized spacial score (nSPS) is 16.4. The number of carbonyl (C=O) groups excluding carboxylic acids is 2. The first-order valence-electron chi connectivity index (χ1n) is 9.64. The summed E-state index contributed by atoms with van der Waals surface area (Å²) in [4.78, 5) is 43.5. The molecule has 1 atom stereocenters. The second-order valence-corrected chi connectivity index (χ2v) is 7.21. The lowest BCUT2D eigenvalue weighted by Crippen LogP contribution is -2.28.